The maximum Gasteiger partial charge on any atom is 0.230 e. The zero-order chi connectivity index (χ0) is 15.6. The SMILES string of the molecule is O=C(CSc1ccc(F)cc1F)N[C@H]1CS(=O)(=O)C[C@H]1Cl. The van der Waals surface area contributed by atoms with Gasteiger partial charge in [-0.3, -0.25) is 4.79 Å². The van der Waals surface area contributed by atoms with Crippen LogP contribution in [0.1, 0.15) is 0 Å². The summed E-state index contributed by atoms with van der Waals surface area (Å²) in [7, 11) is -3.22. The number of alkyl halides is 1. The molecule has 1 amide bonds. The number of thioether (sulfide) groups is 1. The quantitative estimate of drug-likeness (QED) is 0.658. The van der Waals surface area contributed by atoms with E-state index in [1.165, 1.54) is 6.07 Å². The number of carbonyl (C=O) groups is 1. The molecule has 21 heavy (non-hydrogen) atoms. The highest BCUT2D eigenvalue weighted by molar-refractivity contribution is 8.00. The zero-order valence-corrected chi connectivity index (χ0v) is 13.1. The van der Waals surface area contributed by atoms with Crippen LogP contribution in [0.15, 0.2) is 23.1 Å². The van der Waals surface area contributed by atoms with Gasteiger partial charge in [0.05, 0.1) is 28.7 Å². The minimum Gasteiger partial charge on any atom is -0.350 e. The first-order valence-electron chi connectivity index (χ1n) is 5.98. The number of nitrogens with one attached hydrogen (secondary N) is 1. The van der Waals surface area contributed by atoms with Crippen molar-refractivity contribution < 1.29 is 22.0 Å². The minimum absolute atomic E-state index is 0.108. The summed E-state index contributed by atoms with van der Waals surface area (Å²) in [6, 6.07) is 2.44. The normalized spacial score (nSPS) is 24.0. The third-order valence-electron chi connectivity index (χ3n) is 2.88. The van der Waals surface area contributed by atoms with Crippen LogP contribution in [0, 0.1) is 11.6 Å². The molecule has 0 saturated carbocycles. The molecule has 1 heterocycles. The van der Waals surface area contributed by atoms with Gasteiger partial charge in [-0.05, 0) is 12.1 Å². The Morgan fingerprint density at radius 1 is 1.38 bits per heavy atom. The zero-order valence-electron chi connectivity index (χ0n) is 10.7. The van der Waals surface area contributed by atoms with Gasteiger partial charge in [0.1, 0.15) is 11.6 Å². The lowest BCUT2D eigenvalue weighted by Gasteiger charge is -2.14. The van der Waals surface area contributed by atoms with Gasteiger partial charge in [0.25, 0.3) is 0 Å². The van der Waals surface area contributed by atoms with Gasteiger partial charge in [-0.1, -0.05) is 0 Å². The summed E-state index contributed by atoms with van der Waals surface area (Å²) in [4.78, 5) is 11.9. The predicted molar refractivity (Wildman–Crippen MR) is 77.3 cm³/mol. The van der Waals surface area contributed by atoms with Crippen molar-refractivity contribution in [3.8, 4) is 0 Å². The largest absolute Gasteiger partial charge is 0.350 e. The van der Waals surface area contributed by atoms with Gasteiger partial charge >= 0.3 is 0 Å². The van der Waals surface area contributed by atoms with Crippen LogP contribution in [-0.2, 0) is 14.6 Å². The summed E-state index contributed by atoms with van der Waals surface area (Å²) in [5, 5.41) is 1.86. The fourth-order valence-electron chi connectivity index (χ4n) is 1.92. The van der Waals surface area contributed by atoms with Crippen molar-refractivity contribution in [1.29, 1.82) is 0 Å². The van der Waals surface area contributed by atoms with Gasteiger partial charge in [-0.2, -0.15) is 0 Å². The third-order valence-corrected chi connectivity index (χ3v) is 6.31. The van der Waals surface area contributed by atoms with Gasteiger partial charge in [0.15, 0.2) is 9.84 Å². The average Bonchev–Trinajstić information content (AvgIpc) is 2.61. The topological polar surface area (TPSA) is 63.2 Å². The molecule has 2 atom stereocenters. The third kappa shape index (κ3) is 4.55. The van der Waals surface area contributed by atoms with Gasteiger partial charge in [0.2, 0.25) is 5.91 Å². The van der Waals surface area contributed by atoms with E-state index in [0.29, 0.717) is 0 Å². The van der Waals surface area contributed by atoms with E-state index in [0.717, 1.165) is 23.9 Å². The van der Waals surface area contributed by atoms with E-state index in [1.54, 1.807) is 0 Å². The first kappa shape index (κ1) is 16.5. The Balaban J connectivity index is 1.88. The second kappa shape index (κ2) is 6.50. The number of carbonyl (C=O) groups excluding carboxylic acids is 1. The smallest absolute Gasteiger partial charge is 0.230 e. The molecule has 1 N–H and O–H groups in total. The molecule has 0 aromatic heterocycles. The van der Waals surface area contributed by atoms with E-state index in [1.807, 2.05) is 0 Å². The molecule has 1 aliphatic heterocycles. The van der Waals surface area contributed by atoms with E-state index < -0.39 is 38.8 Å². The molecule has 4 nitrogen and oxygen atoms in total. The Bertz CT molecular complexity index is 654. The second-order valence-electron chi connectivity index (χ2n) is 4.63. The maximum absolute atomic E-state index is 13.4. The molecule has 0 spiro atoms. The minimum atomic E-state index is -3.22. The molecular weight excluding hydrogens is 344 g/mol. The second-order valence-corrected chi connectivity index (χ2v) is 8.36. The Hall–Kier alpha value is -0.860. The summed E-state index contributed by atoms with van der Waals surface area (Å²) in [5.74, 6) is -2.35. The first-order chi connectivity index (χ1) is 9.77. The predicted octanol–water partition coefficient (Wildman–Crippen LogP) is 1.58. The van der Waals surface area contributed by atoms with Crippen molar-refractivity contribution in [2.24, 2.45) is 0 Å². The summed E-state index contributed by atoms with van der Waals surface area (Å²) < 4.78 is 48.8. The molecule has 1 aromatic carbocycles. The molecule has 2 rings (SSSR count). The maximum atomic E-state index is 13.4. The molecule has 1 fully saturated rings. The fraction of sp³-hybridized carbons (Fsp3) is 0.417. The van der Waals surface area contributed by atoms with Crippen LogP contribution in [0.5, 0.6) is 0 Å². The Morgan fingerprint density at radius 3 is 2.67 bits per heavy atom. The number of amides is 1. The standard InChI is InChI=1S/C12H12ClF2NO3S2/c13-8-5-21(18,19)6-10(8)16-12(17)4-20-11-2-1-7(14)3-9(11)15/h1-3,8,10H,4-6H2,(H,16,17)/t8-,10+/m1/s1. The van der Waals surface area contributed by atoms with E-state index in [4.69, 9.17) is 11.6 Å². The van der Waals surface area contributed by atoms with Crippen LogP contribution in [0.2, 0.25) is 0 Å². The van der Waals surface area contributed by atoms with Crippen LogP contribution in [-0.4, -0.2) is 43.0 Å². The molecule has 0 bridgehead atoms. The van der Waals surface area contributed by atoms with E-state index in [9.17, 15) is 22.0 Å². The Kier molecular flexibility index (Phi) is 5.11. The number of hydrogen-bond donors (Lipinski definition) is 1. The molecule has 1 aliphatic rings. The summed E-state index contributed by atoms with van der Waals surface area (Å²) >= 11 is 6.77. The summed E-state index contributed by atoms with van der Waals surface area (Å²) in [6.45, 7) is 0. The number of benzene rings is 1. The lowest BCUT2D eigenvalue weighted by atomic mass is 10.2. The Labute approximate surface area is 130 Å². The highest BCUT2D eigenvalue weighted by Crippen LogP contribution is 2.23. The van der Waals surface area contributed by atoms with Crippen molar-refractivity contribution in [3.63, 3.8) is 0 Å². The molecule has 0 unspecified atom stereocenters. The van der Waals surface area contributed by atoms with Crippen molar-refractivity contribution >= 4 is 39.1 Å². The van der Waals surface area contributed by atoms with Crippen molar-refractivity contribution in [3.05, 3.63) is 29.8 Å². The van der Waals surface area contributed by atoms with Crippen LogP contribution in [0.25, 0.3) is 0 Å². The number of hydrogen-bond acceptors (Lipinski definition) is 4. The fourth-order valence-corrected chi connectivity index (χ4v) is 5.20. The average molecular weight is 356 g/mol. The van der Waals surface area contributed by atoms with Gasteiger partial charge in [-0.25, -0.2) is 17.2 Å². The van der Waals surface area contributed by atoms with E-state index in [2.05, 4.69) is 5.32 Å². The lowest BCUT2D eigenvalue weighted by molar-refractivity contribution is -0.119. The molecular formula is C12H12ClF2NO3S2. The highest BCUT2D eigenvalue weighted by Gasteiger charge is 2.37. The molecule has 0 aliphatic carbocycles. The molecule has 9 heteroatoms. The van der Waals surface area contributed by atoms with Crippen LogP contribution in [0.3, 0.4) is 0 Å². The first-order valence-corrected chi connectivity index (χ1v) is 9.23. The van der Waals surface area contributed by atoms with Gasteiger partial charge in [-0.15, -0.1) is 23.4 Å². The van der Waals surface area contributed by atoms with Gasteiger partial charge < -0.3 is 5.32 Å². The number of rotatable bonds is 4. The number of sulfone groups is 1. The van der Waals surface area contributed by atoms with Gasteiger partial charge in [0, 0.05) is 11.0 Å². The van der Waals surface area contributed by atoms with E-state index >= 15 is 0 Å². The lowest BCUT2D eigenvalue weighted by Crippen LogP contribution is -2.41. The van der Waals surface area contributed by atoms with Crippen LogP contribution < -0.4 is 5.32 Å². The van der Waals surface area contributed by atoms with Crippen molar-refractivity contribution in [1.82, 2.24) is 5.32 Å². The molecule has 1 saturated heterocycles. The van der Waals surface area contributed by atoms with Crippen molar-refractivity contribution in [2.45, 2.75) is 16.3 Å². The van der Waals surface area contributed by atoms with Crippen LogP contribution in [0.4, 0.5) is 8.78 Å². The molecule has 116 valence electrons. The molecule has 1 aromatic rings. The number of halogens is 3. The Morgan fingerprint density at radius 2 is 2.10 bits per heavy atom. The monoisotopic (exact) mass is 355 g/mol. The highest BCUT2D eigenvalue weighted by atomic mass is 35.5. The van der Waals surface area contributed by atoms with Crippen LogP contribution >= 0.6 is 23.4 Å². The van der Waals surface area contributed by atoms with Crippen molar-refractivity contribution in [2.75, 3.05) is 17.3 Å². The van der Waals surface area contributed by atoms with E-state index in [-0.39, 0.29) is 22.2 Å². The summed E-state index contributed by atoms with van der Waals surface area (Å²) in [5.41, 5.74) is 0. The molecule has 0 radical (unpaired) electrons. The summed E-state index contributed by atoms with van der Waals surface area (Å²) in [6.07, 6.45) is 0.